The molecule has 182 valence electrons. The minimum Gasteiger partial charge on any atom is -0.461 e. The summed E-state index contributed by atoms with van der Waals surface area (Å²) in [5, 5.41) is 11.7. The molecule has 1 unspecified atom stereocenters. The molecule has 1 saturated heterocycles. The number of piperazine rings is 1. The molecule has 0 saturated carbocycles. The molecule has 2 aromatic carbocycles. The molecule has 35 heavy (non-hydrogen) atoms. The fraction of sp³-hybridized carbons (Fsp3) is 0.360. The zero-order chi connectivity index (χ0) is 24.7. The lowest BCUT2D eigenvalue weighted by Crippen LogP contribution is -2.49. The molecule has 4 aromatic rings. The third kappa shape index (κ3) is 4.61. The molecule has 1 fully saturated rings. The summed E-state index contributed by atoms with van der Waals surface area (Å²) < 4.78 is 21.8. The Morgan fingerprint density at radius 1 is 1.29 bits per heavy atom. The average Bonchev–Trinajstić information content (AvgIpc) is 3.18. The molecule has 1 atom stereocenters. The fourth-order valence-electron chi connectivity index (χ4n) is 4.45. The van der Waals surface area contributed by atoms with Crippen LogP contribution in [0.15, 0.2) is 36.7 Å². The number of benzene rings is 2. The fourth-order valence-corrected chi connectivity index (χ4v) is 4.45. The molecular formula is C25H28FN7O2. The summed E-state index contributed by atoms with van der Waals surface area (Å²) in [6.45, 7) is 8.45. The predicted octanol–water partition coefficient (Wildman–Crippen LogP) is 3.49. The molecule has 1 amide bonds. The smallest absolute Gasteiger partial charge is 0.317 e. The van der Waals surface area contributed by atoms with Crippen molar-refractivity contribution in [1.82, 2.24) is 25.1 Å². The number of fused-ring (bicyclic) bond motifs is 2. The van der Waals surface area contributed by atoms with Crippen molar-refractivity contribution < 1.29 is 13.9 Å². The molecule has 0 radical (unpaired) electrons. The molecule has 0 aliphatic carbocycles. The monoisotopic (exact) mass is 477 g/mol. The van der Waals surface area contributed by atoms with E-state index in [4.69, 9.17) is 4.74 Å². The highest BCUT2D eigenvalue weighted by Gasteiger charge is 2.22. The Labute approximate surface area is 202 Å². The molecule has 2 N–H and O–H groups in total. The van der Waals surface area contributed by atoms with Crippen LogP contribution in [-0.2, 0) is 7.05 Å². The topological polar surface area (TPSA) is 97.2 Å². The van der Waals surface area contributed by atoms with Crippen LogP contribution in [0.2, 0.25) is 0 Å². The zero-order valence-corrected chi connectivity index (χ0v) is 20.2. The van der Waals surface area contributed by atoms with E-state index in [1.807, 2.05) is 19.9 Å². The summed E-state index contributed by atoms with van der Waals surface area (Å²) >= 11 is 0. The molecule has 5 rings (SSSR count). The Kier molecular flexibility index (Phi) is 5.98. The van der Waals surface area contributed by atoms with E-state index in [2.05, 4.69) is 37.5 Å². The number of halogens is 1. The van der Waals surface area contributed by atoms with Gasteiger partial charge in [-0.2, -0.15) is 10.1 Å². The first kappa shape index (κ1) is 23.0. The minimum absolute atomic E-state index is 0.115. The summed E-state index contributed by atoms with van der Waals surface area (Å²) in [7, 11) is 1.72. The van der Waals surface area contributed by atoms with Crippen molar-refractivity contribution in [2.24, 2.45) is 7.05 Å². The van der Waals surface area contributed by atoms with Gasteiger partial charge in [0.25, 0.3) is 5.91 Å². The van der Waals surface area contributed by atoms with E-state index >= 15 is 0 Å². The Bertz CT molecular complexity index is 1420. The van der Waals surface area contributed by atoms with E-state index in [0.717, 1.165) is 30.7 Å². The number of aryl methyl sites for hydroxylation is 1. The number of hydrogen-bond donors (Lipinski definition) is 2. The first-order chi connectivity index (χ1) is 16.8. The number of aromatic nitrogens is 4. The number of nitrogens with one attached hydrogen (secondary N) is 2. The van der Waals surface area contributed by atoms with Gasteiger partial charge in [-0.25, -0.2) is 9.37 Å². The van der Waals surface area contributed by atoms with E-state index in [1.165, 1.54) is 10.7 Å². The van der Waals surface area contributed by atoms with Gasteiger partial charge in [0.1, 0.15) is 5.52 Å². The number of anilines is 2. The maximum absolute atomic E-state index is 14.6. The normalized spacial score (nSPS) is 16.3. The molecule has 0 bridgehead atoms. The van der Waals surface area contributed by atoms with Crippen LogP contribution in [-0.4, -0.2) is 57.4 Å². The third-order valence-corrected chi connectivity index (χ3v) is 5.94. The molecule has 0 spiro atoms. The highest BCUT2D eigenvalue weighted by atomic mass is 19.1. The van der Waals surface area contributed by atoms with E-state index in [1.54, 1.807) is 31.6 Å². The lowest BCUT2D eigenvalue weighted by molar-refractivity contribution is 0.102. The standard InChI is InChI=1S/C25H28FN7O2/c1-14(2)35-25-28-11-19-21(33-8-7-27-15(3)12-33)6-5-18(23(19)30-25)24(34)29-17-9-16-13-32(4)31-22(16)20(26)10-17/h5-6,9-11,13-15,27H,7-8,12H2,1-4H3,(H,29,34). The van der Waals surface area contributed by atoms with Gasteiger partial charge in [-0.05, 0) is 45.0 Å². The van der Waals surface area contributed by atoms with Crippen LogP contribution in [0, 0.1) is 5.82 Å². The van der Waals surface area contributed by atoms with E-state index < -0.39 is 11.7 Å². The Morgan fingerprint density at radius 2 is 2.11 bits per heavy atom. The van der Waals surface area contributed by atoms with Crippen molar-refractivity contribution in [3.05, 3.63) is 48.0 Å². The van der Waals surface area contributed by atoms with Crippen LogP contribution in [0.25, 0.3) is 21.8 Å². The Morgan fingerprint density at radius 3 is 2.89 bits per heavy atom. The van der Waals surface area contributed by atoms with Gasteiger partial charge >= 0.3 is 6.01 Å². The number of hydrogen-bond acceptors (Lipinski definition) is 7. The van der Waals surface area contributed by atoms with Crippen molar-refractivity contribution in [2.75, 3.05) is 29.9 Å². The van der Waals surface area contributed by atoms with Gasteiger partial charge in [0.2, 0.25) is 0 Å². The average molecular weight is 478 g/mol. The maximum Gasteiger partial charge on any atom is 0.317 e. The molecular weight excluding hydrogens is 449 g/mol. The van der Waals surface area contributed by atoms with Gasteiger partial charge in [0, 0.05) is 67.3 Å². The third-order valence-electron chi connectivity index (χ3n) is 5.94. The minimum atomic E-state index is -0.499. The number of nitrogens with zero attached hydrogens (tertiary/aromatic N) is 5. The predicted molar refractivity (Wildman–Crippen MR) is 134 cm³/mol. The van der Waals surface area contributed by atoms with Crippen LogP contribution in [0.1, 0.15) is 31.1 Å². The summed E-state index contributed by atoms with van der Waals surface area (Å²) in [6.07, 6.45) is 3.30. The van der Waals surface area contributed by atoms with Gasteiger partial charge in [0.15, 0.2) is 5.82 Å². The van der Waals surface area contributed by atoms with Crippen molar-refractivity contribution in [1.29, 1.82) is 0 Å². The van der Waals surface area contributed by atoms with Crippen LogP contribution >= 0.6 is 0 Å². The van der Waals surface area contributed by atoms with Crippen molar-refractivity contribution in [3.8, 4) is 6.01 Å². The molecule has 9 nitrogen and oxygen atoms in total. The van der Waals surface area contributed by atoms with Crippen LogP contribution < -0.4 is 20.3 Å². The van der Waals surface area contributed by atoms with Crippen molar-refractivity contribution in [2.45, 2.75) is 32.9 Å². The first-order valence-corrected chi connectivity index (χ1v) is 11.7. The summed E-state index contributed by atoms with van der Waals surface area (Å²) in [4.78, 5) is 24.6. The van der Waals surface area contributed by atoms with Crippen molar-refractivity contribution >= 4 is 39.1 Å². The summed E-state index contributed by atoms with van der Waals surface area (Å²) in [5.41, 5.74) is 2.40. The summed E-state index contributed by atoms with van der Waals surface area (Å²) in [6, 6.07) is 7.19. The van der Waals surface area contributed by atoms with E-state index in [0.29, 0.717) is 28.2 Å². The van der Waals surface area contributed by atoms with Crippen LogP contribution in [0.4, 0.5) is 15.8 Å². The maximum atomic E-state index is 14.6. The number of rotatable bonds is 5. The second kappa shape index (κ2) is 9.10. The zero-order valence-electron chi connectivity index (χ0n) is 20.2. The van der Waals surface area contributed by atoms with Crippen LogP contribution in [0.3, 0.4) is 0 Å². The highest BCUT2D eigenvalue weighted by Crippen LogP contribution is 2.31. The SMILES string of the molecule is CC1CN(c2ccc(C(=O)Nc3cc(F)c4nn(C)cc4c3)c3nc(OC(C)C)ncc23)CCN1. The number of amides is 1. The second-order valence-corrected chi connectivity index (χ2v) is 9.17. The lowest BCUT2D eigenvalue weighted by Gasteiger charge is -2.34. The van der Waals surface area contributed by atoms with Crippen molar-refractivity contribution in [3.63, 3.8) is 0 Å². The molecule has 3 heterocycles. The molecule has 2 aromatic heterocycles. The van der Waals surface area contributed by atoms with Gasteiger partial charge < -0.3 is 20.3 Å². The molecule has 1 aliphatic heterocycles. The highest BCUT2D eigenvalue weighted by molar-refractivity contribution is 6.14. The lowest BCUT2D eigenvalue weighted by atomic mass is 10.1. The summed E-state index contributed by atoms with van der Waals surface area (Å²) in [5.74, 6) is -0.895. The first-order valence-electron chi connectivity index (χ1n) is 11.7. The number of carbonyl (C=O) groups is 1. The number of carbonyl (C=O) groups excluding carboxylic acids is 1. The van der Waals surface area contributed by atoms with Gasteiger partial charge in [0.05, 0.1) is 17.2 Å². The Hall–Kier alpha value is -3.79. The van der Waals surface area contributed by atoms with E-state index in [-0.39, 0.29) is 17.6 Å². The number of ether oxygens (including phenoxy) is 1. The largest absolute Gasteiger partial charge is 0.461 e. The van der Waals surface area contributed by atoms with Gasteiger partial charge in [-0.3, -0.25) is 9.48 Å². The second-order valence-electron chi connectivity index (χ2n) is 9.17. The molecule has 10 heteroatoms. The van der Waals surface area contributed by atoms with Crippen LogP contribution in [0.5, 0.6) is 6.01 Å². The van der Waals surface area contributed by atoms with E-state index in [9.17, 15) is 9.18 Å². The van der Waals surface area contributed by atoms with Gasteiger partial charge in [-0.1, -0.05) is 0 Å². The Balaban J connectivity index is 1.55. The quantitative estimate of drug-likeness (QED) is 0.454. The van der Waals surface area contributed by atoms with Gasteiger partial charge in [-0.15, -0.1) is 0 Å². The molecule has 1 aliphatic rings.